The summed E-state index contributed by atoms with van der Waals surface area (Å²) in [6, 6.07) is 10.1. The van der Waals surface area contributed by atoms with E-state index in [0.29, 0.717) is 19.8 Å². The summed E-state index contributed by atoms with van der Waals surface area (Å²) in [6.07, 6.45) is 3.05. The number of nitrogens with zero attached hydrogens (tertiary/aromatic N) is 1. The van der Waals surface area contributed by atoms with Crippen molar-refractivity contribution in [1.29, 1.82) is 0 Å². The molecule has 1 unspecified atom stereocenters. The number of nitrogens with one attached hydrogen (secondary N) is 1. The fraction of sp³-hybridized carbons (Fsp3) is 0.400. The highest BCUT2D eigenvalue weighted by molar-refractivity contribution is 5.69. The van der Waals surface area contributed by atoms with Crippen molar-refractivity contribution in [1.82, 2.24) is 10.3 Å². The van der Waals surface area contributed by atoms with E-state index >= 15 is 0 Å². The summed E-state index contributed by atoms with van der Waals surface area (Å²) < 4.78 is 11.1. The van der Waals surface area contributed by atoms with Crippen LogP contribution in [0.3, 0.4) is 0 Å². The summed E-state index contributed by atoms with van der Waals surface area (Å²) >= 11 is 0. The molecule has 0 saturated carbocycles. The lowest BCUT2D eigenvalue weighted by molar-refractivity contribution is 0.0600. The van der Waals surface area contributed by atoms with Gasteiger partial charge in [-0.1, -0.05) is 45.0 Å². The van der Waals surface area contributed by atoms with E-state index in [0.717, 1.165) is 22.3 Å². The van der Waals surface area contributed by atoms with Crippen LogP contribution in [0.5, 0.6) is 0 Å². The van der Waals surface area contributed by atoms with E-state index in [1.54, 1.807) is 6.20 Å². The molecule has 5 nitrogen and oxygen atoms in total. The molecule has 2 aromatic rings. The topological polar surface area (TPSA) is 60.5 Å². The van der Waals surface area contributed by atoms with Gasteiger partial charge in [0.2, 0.25) is 0 Å². The molecule has 1 aliphatic rings. The van der Waals surface area contributed by atoms with Gasteiger partial charge in [-0.15, -0.1) is 0 Å². The molecule has 0 radical (unpaired) electrons. The molecular weight excluding hydrogens is 316 g/mol. The minimum Gasteiger partial charge on any atom is -0.449 e. The Kier molecular flexibility index (Phi) is 5.04. The maximum Gasteiger partial charge on any atom is 0.407 e. The van der Waals surface area contributed by atoms with Crippen molar-refractivity contribution in [2.75, 3.05) is 13.2 Å². The van der Waals surface area contributed by atoms with Crippen molar-refractivity contribution in [2.24, 2.45) is 5.41 Å². The van der Waals surface area contributed by atoms with Gasteiger partial charge in [0.15, 0.2) is 0 Å². The average molecular weight is 340 g/mol. The number of ether oxygens (including phenoxy) is 2. The van der Waals surface area contributed by atoms with Crippen LogP contribution < -0.4 is 5.32 Å². The van der Waals surface area contributed by atoms with Crippen LogP contribution in [-0.4, -0.2) is 24.2 Å². The first kappa shape index (κ1) is 17.4. The molecule has 1 atom stereocenters. The zero-order chi connectivity index (χ0) is 17.9. The molecule has 1 aliphatic heterocycles. The number of hydrogen-bond acceptors (Lipinski definition) is 4. The first-order chi connectivity index (χ1) is 11.9. The maximum atomic E-state index is 11.8. The van der Waals surface area contributed by atoms with Crippen molar-refractivity contribution in [2.45, 2.75) is 33.5 Å². The Morgan fingerprint density at radius 2 is 2.16 bits per heavy atom. The van der Waals surface area contributed by atoms with Crippen molar-refractivity contribution < 1.29 is 14.3 Å². The van der Waals surface area contributed by atoms with Crippen LogP contribution in [-0.2, 0) is 16.1 Å². The van der Waals surface area contributed by atoms with Crippen LogP contribution in [0.1, 0.15) is 38.0 Å². The van der Waals surface area contributed by atoms with Gasteiger partial charge in [0, 0.05) is 18.0 Å². The molecule has 0 saturated heterocycles. The van der Waals surface area contributed by atoms with Gasteiger partial charge in [-0.25, -0.2) is 4.79 Å². The van der Waals surface area contributed by atoms with E-state index in [4.69, 9.17) is 9.47 Å². The first-order valence-electron chi connectivity index (χ1n) is 8.48. The van der Waals surface area contributed by atoms with E-state index in [1.807, 2.05) is 45.2 Å². The molecule has 1 amide bonds. The standard InChI is InChI=1S/C20H24N2O3/c1-20(2,3)13-25-19(23)22-11-18-16-8-4-7-15(17(16)12-24-18)14-6-5-9-21-10-14/h4-10,18H,11-13H2,1-3H3,(H,22,23). The monoisotopic (exact) mass is 340 g/mol. The molecule has 0 fully saturated rings. The lowest BCUT2D eigenvalue weighted by Gasteiger charge is -2.19. The zero-order valence-electron chi connectivity index (χ0n) is 14.9. The van der Waals surface area contributed by atoms with Gasteiger partial charge in [0.1, 0.15) is 6.10 Å². The Balaban J connectivity index is 1.66. The van der Waals surface area contributed by atoms with Gasteiger partial charge in [-0.05, 0) is 28.2 Å². The second kappa shape index (κ2) is 7.23. The van der Waals surface area contributed by atoms with E-state index in [1.165, 1.54) is 0 Å². The molecule has 2 heterocycles. The third-order valence-electron chi connectivity index (χ3n) is 4.03. The maximum absolute atomic E-state index is 11.8. The smallest absolute Gasteiger partial charge is 0.407 e. The SMILES string of the molecule is CC(C)(C)COC(=O)NCC1OCc2c(-c3cccnc3)cccc21. The van der Waals surface area contributed by atoms with Crippen LogP contribution in [0.15, 0.2) is 42.7 Å². The van der Waals surface area contributed by atoms with E-state index < -0.39 is 6.09 Å². The van der Waals surface area contributed by atoms with Crippen LogP contribution in [0, 0.1) is 5.41 Å². The normalized spacial score (nSPS) is 16.4. The second-order valence-electron chi connectivity index (χ2n) is 7.43. The summed E-state index contributed by atoms with van der Waals surface area (Å²) in [7, 11) is 0. The molecule has 25 heavy (non-hydrogen) atoms. The van der Waals surface area contributed by atoms with Gasteiger partial charge in [-0.2, -0.15) is 0 Å². The third kappa shape index (κ3) is 4.37. The van der Waals surface area contributed by atoms with Crippen molar-refractivity contribution in [3.05, 3.63) is 53.9 Å². The average Bonchev–Trinajstić information content (AvgIpc) is 3.01. The highest BCUT2D eigenvalue weighted by Gasteiger charge is 2.26. The Morgan fingerprint density at radius 3 is 2.88 bits per heavy atom. The van der Waals surface area contributed by atoms with Crippen LogP contribution >= 0.6 is 0 Å². The molecule has 1 N–H and O–H groups in total. The minimum absolute atomic E-state index is 0.0492. The summed E-state index contributed by atoms with van der Waals surface area (Å²) in [5.41, 5.74) is 4.42. The number of aromatic nitrogens is 1. The number of carbonyl (C=O) groups excluding carboxylic acids is 1. The molecule has 1 aromatic carbocycles. The van der Waals surface area contributed by atoms with Crippen molar-refractivity contribution >= 4 is 6.09 Å². The van der Waals surface area contributed by atoms with Gasteiger partial charge in [0.05, 0.1) is 19.8 Å². The summed E-state index contributed by atoms with van der Waals surface area (Å²) in [5.74, 6) is 0. The fourth-order valence-corrected chi connectivity index (χ4v) is 2.81. The number of carbonyl (C=O) groups is 1. The third-order valence-corrected chi connectivity index (χ3v) is 4.03. The summed E-state index contributed by atoms with van der Waals surface area (Å²) in [5, 5.41) is 2.80. The largest absolute Gasteiger partial charge is 0.449 e. The van der Waals surface area contributed by atoms with Gasteiger partial charge in [0.25, 0.3) is 0 Å². The summed E-state index contributed by atoms with van der Waals surface area (Å²) in [4.78, 5) is 16.0. The molecule has 5 heteroatoms. The van der Waals surface area contributed by atoms with Gasteiger partial charge < -0.3 is 14.8 Å². The number of alkyl carbamates (subject to hydrolysis) is 1. The lowest BCUT2D eigenvalue weighted by Crippen LogP contribution is -2.31. The van der Waals surface area contributed by atoms with Crippen molar-refractivity contribution in [3.8, 4) is 11.1 Å². The lowest BCUT2D eigenvalue weighted by atomic mass is 9.96. The number of rotatable bonds is 4. The van der Waals surface area contributed by atoms with Gasteiger partial charge >= 0.3 is 6.09 Å². The number of fused-ring (bicyclic) bond motifs is 1. The quantitative estimate of drug-likeness (QED) is 0.910. The second-order valence-corrected chi connectivity index (χ2v) is 7.43. The van der Waals surface area contributed by atoms with Gasteiger partial charge in [-0.3, -0.25) is 4.98 Å². The fourth-order valence-electron chi connectivity index (χ4n) is 2.81. The first-order valence-corrected chi connectivity index (χ1v) is 8.48. The highest BCUT2D eigenvalue weighted by atomic mass is 16.5. The molecule has 0 bridgehead atoms. The van der Waals surface area contributed by atoms with Crippen LogP contribution in [0.4, 0.5) is 4.79 Å². The Hall–Kier alpha value is -2.40. The Morgan fingerprint density at radius 1 is 1.32 bits per heavy atom. The number of amides is 1. The zero-order valence-corrected chi connectivity index (χ0v) is 14.9. The van der Waals surface area contributed by atoms with E-state index in [9.17, 15) is 4.79 Å². The molecule has 1 aromatic heterocycles. The van der Waals surface area contributed by atoms with Crippen LogP contribution in [0.2, 0.25) is 0 Å². The predicted molar refractivity (Wildman–Crippen MR) is 96.0 cm³/mol. The molecule has 0 spiro atoms. The molecule has 3 rings (SSSR count). The Labute approximate surface area is 148 Å². The number of pyridine rings is 1. The summed E-state index contributed by atoms with van der Waals surface area (Å²) in [6.45, 7) is 7.38. The van der Waals surface area contributed by atoms with E-state index in [-0.39, 0.29) is 11.5 Å². The van der Waals surface area contributed by atoms with E-state index in [2.05, 4.69) is 22.4 Å². The van der Waals surface area contributed by atoms with Crippen molar-refractivity contribution in [3.63, 3.8) is 0 Å². The predicted octanol–water partition coefficient (Wildman–Crippen LogP) is 4.09. The van der Waals surface area contributed by atoms with Crippen LogP contribution in [0.25, 0.3) is 11.1 Å². The number of hydrogen-bond donors (Lipinski definition) is 1. The molecular formula is C20H24N2O3. The number of benzene rings is 1. The molecule has 132 valence electrons. The highest BCUT2D eigenvalue weighted by Crippen LogP contribution is 2.36. The Bertz CT molecular complexity index is 738. The molecule has 0 aliphatic carbocycles. The minimum atomic E-state index is -0.407.